The van der Waals surface area contributed by atoms with E-state index in [1.54, 1.807) is 90.2 Å². The van der Waals surface area contributed by atoms with Crippen molar-refractivity contribution in [1.82, 2.24) is 29.4 Å². The molecule has 17 rings (SSSR count). The Balaban J connectivity index is 0.000000144. The number of likely N-dealkylation sites (tertiary alicyclic amines) is 2. The average molecular weight is 1710 g/mol. The Hall–Kier alpha value is -11.6. The van der Waals surface area contributed by atoms with Gasteiger partial charge in [-0.3, -0.25) is 67.7 Å². The number of carbonyl (C=O) groups excluding carboxylic acids is 9. The van der Waals surface area contributed by atoms with Gasteiger partial charge < -0.3 is 90.9 Å². The summed E-state index contributed by atoms with van der Waals surface area (Å²) in [4.78, 5) is 130. The molecule has 2 amide bonds. The molecule has 32 nitrogen and oxygen atoms in total. The number of aromatic hydroxyl groups is 3. The second-order valence-electron chi connectivity index (χ2n) is 35.8. The van der Waals surface area contributed by atoms with E-state index in [0.29, 0.717) is 53.6 Å². The lowest BCUT2D eigenvalue weighted by Gasteiger charge is -2.50. The summed E-state index contributed by atoms with van der Waals surface area (Å²) < 4.78 is 17.5. The van der Waals surface area contributed by atoms with Crippen LogP contribution in [0.5, 0.6) is 17.2 Å². The lowest BCUT2D eigenvalue weighted by atomic mass is 9.57. The third-order valence-corrected chi connectivity index (χ3v) is 27.5. The van der Waals surface area contributed by atoms with Gasteiger partial charge in [-0.1, -0.05) is 31.5 Å². The number of piperidine rings is 2. The van der Waals surface area contributed by atoms with Gasteiger partial charge in [0.15, 0.2) is 39.9 Å². The number of amides is 2. The Kier molecular flexibility index (Phi) is 22.9. The molecule has 6 aromatic rings. The van der Waals surface area contributed by atoms with E-state index in [2.05, 4.69) is 16.7 Å². The van der Waals surface area contributed by atoms with E-state index in [1.807, 2.05) is 31.1 Å². The molecule has 0 spiro atoms. The van der Waals surface area contributed by atoms with Crippen molar-refractivity contribution in [2.75, 3.05) is 82.6 Å². The van der Waals surface area contributed by atoms with Crippen LogP contribution >= 0.6 is 0 Å². The Labute approximate surface area is 713 Å². The van der Waals surface area contributed by atoms with Gasteiger partial charge in [0.25, 0.3) is 11.8 Å². The zero-order chi connectivity index (χ0) is 89.6. The van der Waals surface area contributed by atoms with E-state index in [4.69, 9.17) is 24.7 Å². The van der Waals surface area contributed by atoms with Gasteiger partial charge >= 0.3 is 0 Å². The zero-order valence-electron chi connectivity index (χ0n) is 70.5. The summed E-state index contributed by atoms with van der Waals surface area (Å²) in [6.45, 7) is 8.96. The number of hydrogen-bond acceptors (Lipinski definition) is 30. The third kappa shape index (κ3) is 13.8. The van der Waals surface area contributed by atoms with Crippen molar-refractivity contribution in [3.05, 3.63) is 175 Å². The van der Waals surface area contributed by atoms with Crippen LogP contribution in [0, 0.1) is 41.4 Å². The number of ketones is 7. The van der Waals surface area contributed by atoms with Gasteiger partial charge in [-0.15, -0.1) is 0 Å². The van der Waals surface area contributed by atoms with Gasteiger partial charge in [0.05, 0.1) is 73.2 Å². The number of nitrogens with zero attached hydrogens (tertiary/aromatic N) is 6. The maximum atomic E-state index is 14.1. The van der Waals surface area contributed by atoms with Crippen LogP contribution in [0.1, 0.15) is 116 Å². The fourth-order valence-corrected chi connectivity index (χ4v) is 21.7. The molecular formula is C92H104N8O24. The van der Waals surface area contributed by atoms with Crippen LogP contribution in [0.15, 0.2) is 137 Å². The molecule has 12 atom stereocenters. The summed E-state index contributed by atoms with van der Waals surface area (Å²) in [5, 5.41) is 136. The minimum Gasteiger partial charge on any atom is -0.508 e. The zero-order valence-corrected chi connectivity index (χ0v) is 70.5. The van der Waals surface area contributed by atoms with E-state index in [0.717, 1.165) is 98.1 Å². The van der Waals surface area contributed by atoms with E-state index < -0.39 is 174 Å². The largest absolute Gasteiger partial charge is 0.508 e. The molecular weight excluding hydrogens is 1600 g/mol. The van der Waals surface area contributed by atoms with Gasteiger partial charge in [-0.05, 0) is 247 Å². The number of primary amides is 2. The summed E-state index contributed by atoms with van der Waals surface area (Å²) in [6, 6.07) is 11.8. The van der Waals surface area contributed by atoms with E-state index in [9.17, 15) is 104 Å². The standard InChI is InChI=1S/C32H37N3O8.C32H36N2O8.C28H31N3O8/c1-15-6-9-35(10-7-15)14-22-18(8-11-43-22)17-4-5-21(36)24-19(17)12-16-13-20-26(34(2)3)28(38)25(31(33)41)30(40)32(20,42)29(39)23(16)27(24)37;1-16(35)24-29(38)27(33(2)3)21-14-17-13-20-18(19-9-12-42-23(19)15-34-10-5-4-6-11-34)7-8-22(36)26(20)28(37)25(17)31(40)32(21,41)30(24)39;1-30(2)11-18-14(7-8-39-18)13-5-6-17(32)20-15(13)9-12-10-16-22(31(3)4)24(34)21(27(29)37)26(36)28(16,38)25(35)19(12)23(20)33/h4-5,8,11,15-16,20,26,36-37,40,42H,6-7,9-10,12-14H2,1-3H3,(H2,33,41);7-9,12,17,21,27,36-37,39,41H,4-6,10-11,13-15H2,1-3H3;5-8,12,16,22,32-33,36,38H,9-11H2,1-4H3,(H2,29,37)/t16-,20-,26-,32-;17-,21-,27-,32+;12-,16-,22-,28-/m000/s1. The molecule has 9 aliphatic carbocycles. The first-order valence-corrected chi connectivity index (χ1v) is 41.6. The molecule has 0 bridgehead atoms. The Bertz CT molecular complexity index is 5730. The highest BCUT2D eigenvalue weighted by molar-refractivity contribution is 6.27. The van der Waals surface area contributed by atoms with Crippen molar-refractivity contribution in [3.63, 3.8) is 0 Å². The molecule has 32 heteroatoms. The minimum atomic E-state index is -2.67. The number of furan rings is 3. The number of Topliss-reactive ketones (excluding diaryl/α,β-unsaturated/α-hetero) is 7. The number of rotatable bonds is 15. The fourth-order valence-electron chi connectivity index (χ4n) is 21.7. The monoisotopic (exact) mass is 1700 g/mol. The first kappa shape index (κ1) is 87.3. The molecule has 11 aliphatic rings. The van der Waals surface area contributed by atoms with Gasteiger partial charge in [-0.25, -0.2) is 0 Å². The SMILES string of the molecule is CC(=O)C1=C(O)[C@@]2(O)C(=O)C3=C(O)c4c(O)ccc(-c5ccoc5CN5CCCCC5)c4C[C@H]3C[C@H]2[C@H](N(C)C)C1=O.CC1CCN(Cc2occc2-c2ccc(O)c3c2C[C@H]2C[C@H]4[C@H](N(C)C)C(=O)C(C(N)=O)=C(O)[C@@]4(O)C(=O)C2=C3O)CC1.CN(C)Cc1occc1-c1ccc(O)c2c1C[C@H]1C[C@H]3[C@H](N(C)C)C(=O)C(C(N)=O)=C(O)[C@@]3(O)C(=O)C1=C2O. The highest BCUT2D eigenvalue weighted by atomic mass is 16.4. The number of aliphatic hydroxyl groups is 9. The number of phenols is 3. The predicted molar refractivity (Wildman–Crippen MR) is 448 cm³/mol. The van der Waals surface area contributed by atoms with Crippen LogP contribution < -0.4 is 11.5 Å². The molecule has 124 heavy (non-hydrogen) atoms. The molecule has 656 valence electrons. The smallest absolute Gasteiger partial charge is 0.255 e. The van der Waals surface area contributed by atoms with Crippen LogP contribution in [-0.4, -0.2) is 260 Å². The number of carbonyl (C=O) groups is 9. The molecule has 5 fully saturated rings. The van der Waals surface area contributed by atoms with E-state index in [-0.39, 0.29) is 89.2 Å². The highest BCUT2D eigenvalue weighted by Crippen LogP contribution is 2.59. The topological polar surface area (TPSA) is 507 Å². The summed E-state index contributed by atoms with van der Waals surface area (Å²) in [5.74, 6) is -16.3. The number of fused-ring (bicyclic) bond motifs is 9. The summed E-state index contributed by atoms with van der Waals surface area (Å²) in [7, 11) is 13.3. The highest BCUT2D eigenvalue weighted by Gasteiger charge is 2.68. The first-order chi connectivity index (χ1) is 58.6. The number of aliphatic hydroxyl groups excluding tert-OH is 6. The van der Waals surface area contributed by atoms with E-state index >= 15 is 0 Å². The quantitative estimate of drug-likeness (QED) is 0.0458. The maximum Gasteiger partial charge on any atom is 0.255 e. The molecule has 16 N–H and O–H groups in total. The molecule has 2 aliphatic heterocycles. The van der Waals surface area contributed by atoms with Crippen LogP contribution in [0.2, 0.25) is 0 Å². The average Bonchev–Trinajstić information content (AvgIpc) is 0.797. The first-order valence-electron chi connectivity index (χ1n) is 41.6. The molecule has 3 aromatic heterocycles. The summed E-state index contributed by atoms with van der Waals surface area (Å²) in [6.07, 6.45) is 11.3. The lowest BCUT2D eigenvalue weighted by Crippen LogP contribution is -2.65. The summed E-state index contributed by atoms with van der Waals surface area (Å²) >= 11 is 0. The van der Waals surface area contributed by atoms with E-state index in [1.165, 1.54) is 34.4 Å². The van der Waals surface area contributed by atoms with Gasteiger partial charge in [0.1, 0.15) is 85.8 Å². The fraction of sp³-hybridized carbons (Fsp3) is 0.446. The molecule has 0 unspecified atom stereocenters. The maximum absolute atomic E-state index is 14.1. The number of likely N-dealkylation sites (N-methyl/N-ethyl adjacent to an activating group) is 3. The predicted octanol–water partition coefficient (Wildman–Crippen LogP) is 7.06. The van der Waals surface area contributed by atoms with Gasteiger partial charge in [-0.2, -0.15) is 0 Å². The number of phenolic OH excluding ortho intramolecular Hbond substituents is 3. The molecule has 3 saturated carbocycles. The molecule has 0 radical (unpaired) electrons. The normalized spacial score (nSPS) is 27.7. The van der Waals surface area contributed by atoms with Crippen LogP contribution in [0.4, 0.5) is 0 Å². The lowest BCUT2D eigenvalue weighted by molar-refractivity contribution is -0.155. The van der Waals surface area contributed by atoms with Crippen molar-refractivity contribution >= 4 is 69.6 Å². The third-order valence-electron chi connectivity index (χ3n) is 27.5. The van der Waals surface area contributed by atoms with Crippen molar-refractivity contribution in [2.45, 2.75) is 139 Å². The van der Waals surface area contributed by atoms with Gasteiger partial charge in [0, 0.05) is 51.2 Å². The second kappa shape index (κ2) is 32.5. The van der Waals surface area contributed by atoms with Crippen LogP contribution in [0.25, 0.3) is 50.7 Å². The van der Waals surface area contributed by atoms with Crippen LogP contribution in [-0.2, 0) is 82.0 Å². The minimum absolute atomic E-state index is 0.0246. The second-order valence-corrected chi connectivity index (χ2v) is 35.8. The van der Waals surface area contributed by atoms with Crippen molar-refractivity contribution in [1.29, 1.82) is 0 Å². The number of nitrogens with two attached hydrogens (primary N) is 2. The van der Waals surface area contributed by atoms with Crippen molar-refractivity contribution < 1.29 is 118 Å². The Morgan fingerprint density at radius 2 is 0.734 bits per heavy atom. The van der Waals surface area contributed by atoms with Crippen LogP contribution in [0.3, 0.4) is 0 Å². The number of benzene rings is 3. The molecule has 5 heterocycles. The van der Waals surface area contributed by atoms with Crippen molar-refractivity contribution in [2.24, 2.45) is 52.9 Å². The van der Waals surface area contributed by atoms with Crippen molar-refractivity contribution in [3.8, 4) is 50.6 Å². The molecule has 3 aromatic carbocycles. The van der Waals surface area contributed by atoms with Gasteiger partial charge in [0.2, 0.25) is 17.3 Å². The Morgan fingerprint density at radius 3 is 1.05 bits per heavy atom. The molecule has 2 saturated heterocycles. The Morgan fingerprint density at radius 1 is 0.427 bits per heavy atom. The number of hydrogen-bond donors (Lipinski definition) is 14. The summed E-state index contributed by atoms with van der Waals surface area (Å²) in [5.41, 5.74) is 6.71.